The Bertz CT molecular complexity index is 602. The van der Waals surface area contributed by atoms with Crippen LogP contribution in [0.3, 0.4) is 0 Å². The number of anilines is 1. The van der Waals surface area contributed by atoms with Gasteiger partial charge in [-0.25, -0.2) is 0 Å². The number of amides is 1. The number of halogens is 1. The Morgan fingerprint density at radius 3 is 2.67 bits per heavy atom. The van der Waals surface area contributed by atoms with Crippen LogP contribution >= 0.6 is 15.9 Å². The summed E-state index contributed by atoms with van der Waals surface area (Å²) in [5.41, 5.74) is 7.39. The van der Waals surface area contributed by atoms with Crippen molar-refractivity contribution in [2.24, 2.45) is 5.73 Å². The fourth-order valence-corrected chi connectivity index (χ4v) is 2.30. The fraction of sp³-hybridized carbons (Fsp3) is 0.188. The lowest BCUT2D eigenvalue weighted by Crippen LogP contribution is -2.20. The highest BCUT2D eigenvalue weighted by atomic mass is 79.9. The van der Waals surface area contributed by atoms with Crippen LogP contribution in [0.15, 0.2) is 53.0 Å². The molecular weight excluding hydrogens is 332 g/mol. The number of rotatable bonds is 6. The molecule has 1 amide bonds. The molecule has 2 aromatic carbocycles. The molecule has 0 heterocycles. The number of nitrogens with two attached hydrogens (primary N) is 1. The van der Waals surface area contributed by atoms with Crippen LogP contribution in [0.1, 0.15) is 5.56 Å². The predicted molar refractivity (Wildman–Crippen MR) is 87.5 cm³/mol. The van der Waals surface area contributed by atoms with E-state index in [9.17, 15) is 4.79 Å². The number of ether oxygens (including phenoxy) is 1. The van der Waals surface area contributed by atoms with Crippen molar-refractivity contribution in [1.82, 2.24) is 0 Å². The Kier molecular flexibility index (Phi) is 5.78. The average Bonchev–Trinajstić information content (AvgIpc) is 2.49. The van der Waals surface area contributed by atoms with Gasteiger partial charge in [-0.3, -0.25) is 4.79 Å². The third-order valence-electron chi connectivity index (χ3n) is 2.86. The summed E-state index contributed by atoms with van der Waals surface area (Å²) in [6.45, 7) is 0.537. The zero-order chi connectivity index (χ0) is 15.1. The average molecular weight is 349 g/mol. The topological polar surface area (TPSA) is 64.3 Å². The van der Waals surface area contributed by atoms with Crippen molar-refractivity contribution in [3.05, 3.63) is 58.6 Å². The van der Waals surface area contributed by atoms with Crippen LogP contribution in [-0.4, -0.2) is 19.1 Å². The highest BCUT2D eigenvalue weighted by Crippen LogP contribution is 2.23. The van der Waals surface area contributed by atoms with Gasteiger partial charge < -0.3 is 15.8 Å². The number of carbonyl (C=O) groups is 1. The molecule has 0 fully saturated rings. The van der Waals surface area contributed by atoms with Gasteiger partial charge in [0.15, 0.2) is 6.61 Å². The third kappa shape index (κ3) is 4.88. The van der Waals surface area contributed by atoms with Gasteiger partial charge in [-0.2, -0.15) is 0 Å². The first-order valence-corrected chi connectivity index (χ1v) is 7.44. The summed E-state index contributed by atoms with van der Waals surface area (Å²) in [5.74, 6) is 0.467. The Labute approximate surface area is 132 Å². The smallest absolute Gasteiger partial charge is 0.262 e. The van der Waals surface area contributed by atoms with Crippen LogP contribution in [0.2, 0.25) is 0 Å². The second-order valence-corrected chi connectivity index (χ2v) is 5.35. The molecule has 0 aliphatic heterocycles. The predicted octanol–water partition coefficient (Wildman–Crippen LogP) is 2.97. The quantitative estimate of drug-likeness (QED) is 0.843. The SMILES string of the molecule is NCCc1cc(OCC(=O)Nc2ccccc2)ccc1Br. The summed E-state index contributed by atoms with van der Waals surface area (Å²) in [5, 5.41) is 2.77. The molecule has 0 aromatic heterocycles. The summed E-state index contributed by atoms with van der Waals surface area (Å²) in [6, 6.07) is 14.9. The number of para-hydroxylation sites is 1. The van der Waals surface area contributed by atoms with Gasteiger partial charge in [0.25, 0.3) is 5.91 Å². The Balaban J connectivity index is 1.90. The van der Waals surface area contributed by atoms with E-state index in [1.165, 1.54) is 0 Å². The molecule has 3 N–H and O–H groups in total. The molecular formula is C16H17BrN2O2. The van der Waals surface area contributed by atoms with Gasteiger partial charge in [0.1, 0.15) is 5.75 Å². The number of hydrogen-bond acceptors (Lipinski definition) is 3. The molecule has 0 radical (unpaired) electrons. The van der Waals surface area contributed by atoms with E-state index < -0.39 is 0 Å². The number of hydrogen-bond donors (Lipinski definition) is 2. The third-order valence-corrected chi connectivity index (χ3v) is 3.63. The van der Waals surface area contributed by atoms with Crippen LogP contribution in [0.4, 0.5) is 5.69 Å². The minimum absolute atomic E-state index is 0.0292. The summed E-state index contributed by atoms with van der Waals surface area (Å²) in [4.78, 5) is 11.8. The van der Waals surface area contributed by atoms with Crippen molar-refractivity contribution >= 4 is 27.5 Å². The maximum atomic E-state index is 11.8. The monoisotopic (exact) mass is 348 g/mol. The largest absolute Gasteiger partial charge is 0.484 e. The van der Waals surface area contributed by atoms with Crippen molar-refractivity contribution in [1.29, 1.82) is 0 Å². The summed E-state index contributed by atoms with van der Waals surface area (Å²) >= 11 is 3.47. The van der Waals surface area contributed by atoms with Gasteiger partial charge in [0, 0.05) is 10.2 Å². The fourth-order valence-electron chi connectivity index (χ4n) is 1.86. The second kappa shape index (κ2) is 7.81. The van der Waals surface area contributed by atoms with Crippen LogP contribution < -0.4 is 15.8 Å². The maximum Gasteiger partial charge on any atom is 0.262 e. The Morgan fingerprint density at radius 1 is 1.19 bits per heavy atom. The van der Waals surface area contributed by atoms with Gasteiger partial charge in [-0.1, -0.05) is 34.1 Å². The van der Waals surface area contributed by atoms with E-state index in [2.05, 4.69) is 21.2 Å². The van der Waals surface area contributed by atoms with Crippen molar-refractivity contribution < 1.29 is 9.53 Å². The molecule has 0 aliphatic rings. The molecule has 0 saturated heterocycles. The lowest BCUT2D eigenvalue weighted by Gasteiger charge is -2.10. The maximum absolute atomic E-state index is 11.8. The number of nitrogens with one attached hydrogen (secondary N) is 1. The Morgan fingerprint density at radius 2 is 1.95 bits per heavy atom. The molecule has 0 spiro atoms. The first kappa shape index (κ1) is 15.5. The molecule has 0 unspecified atom stereocenters. The number of benzene rings is 2. The first-order valence-electron chi connectivity index (χ1n) is 6.65. The molecule has 4 nitrogen and oxygen atoms in total. The molecule has 2 aromatic rings. The standard InChI is InChI=1S/C16H17BrN2O2/c17-15-7-6-14(10-12(15)8-9-18)21-11-16(20)19-13-4-2-1-3-5-13/h1-7,10H,8-9,11,18H2,(H,19,20). The second-order valence-electron chi connectivity index (χ2n) is 4.49. The van der Waals surface area contributed by atoms with Gasteiger partial charge in [0.05, 0.1) is 0 Å². The zero-order valence-electron chi connectivity index (χ0n) is 11.5. The van der Waals surface area contributed by atoms with E-state index in [0.717, 1.165) is 22.1 Å². The molecule has 21 heavy (non-hydrogen) atoms. The highest BCUT2D eigenvalue weighted by Gasteiger charge is 2.06. The molecule has 0 atom stereocenters. The lowest BCUT2D eigenvalue weighted by molar-refractivity contribution is -0.118. The highest BCUT2D eigenvalue weighted by molar-refractivity contribution is 9.10. The Hall–Kier alpha value is -1.85. The van der Waals surface area contributed by atoms with Crippen LogP contribution in [-0.2, 0) is 11.2 Å². The molecule has 5 heteroatoms. The molecule has 0 saturated carbocycles. The van der Waals surface area contributed by atoms with E-state index in [1.54, 1.807) is 0 Å². The van der Waals surface area contributed by atoms with Crippen LogP contribution in [0.5, 0.6) is 5.75 Å². The molecule has 110 valence electrons. The molecule has 2 rings (SSSR count). The van der Waals surface area contributed by atoms with Crippen LogP contribution in [0.25, 0.3) is 0 Å². The molecule has 0 bridgehead atoms. The van der Waals surface area contributed by atoms with Crippen molar-refractivity contribution in [2.45, 2.75) is 6.42 Å². The lowest BCUT2D eigenvalue weighted by atomic mass is 10.1. The summed E-state index contributed by atoms with van der Waals surface area (Å²) in [7, 11) is 0. The normalized spacial score (nSPS) is 10.2. The van der Waals surface area contributed by atoms with Gasteiger partial charge in [0.2, 0.25) is 0 Å². The van der Waals surface area contributed by atoms with Crippen molar-refractivity contribution in [2.75, 3.05) is 18.5 Å². The van der Waals surface area contributed by atoms with Crippen molar-refractivity contribution in [3.8, 4) is 5.75 Å². The van der Waals surface area contributed by atoms with Crippen molar-refractivity contribution in [3.63, 3.8) is 0 Å². The van der Waals surface area contributed by atoms with Gasteiger partial charge >= 0.3 is 0 Å². The number of carbonyl (C=O) groups excluding carboxylic acids is 1. The van der Waals surface area contributed by atoms with Crippen LogP contribution in [0, 0.1) is 0 Å². The first-order chi connectivity index (χ1) is 10.2. The van der Waals surface area contributed by atoms with Gasteiger partial charge in [-0.05, 0) is 48.9 Å². The van der Waals surface area contributed by atoms with E-state index in [-0.39, 0.29) is 12.5 Å². The van der Waals surface area contributed by atoms with E-state index >= 15 is 0 Å². The zero-order valence-corrected chi connectivity index (χ0v) is 13.1. The molecule has 0 aliphatic carbocycles. The summed E-state index contributed by atoms with van der Waals surface area (Å²) in [6.07, 6.45) is 0.758. The van der Waals surface area contributed by atoms with Gasteiger partial charge in [-0.15, -0.1) is 0 Å². The van der Waals surface area contributed by atoms with E-state index in [0.29, 0.717) is 12.3 Å². The minimum Gasteiger partial charge on any atom is -0.484 e. The minimum atomic E-state index is -0.190. The summed E-state index contributed by atoms with van der Waals surface area (Å²) < 4.78 is 6.50. The van der Waals surface area contributed by atoms with E-state index in [4.69, 9.17) is 10.5 Å². The van der Waals surface area contributed by atoms with E-state index in [1.807, 2.05) is 48.5 Å².